The minimum absolute atomic E-state index is 0.495. The first kappa shape index (κ1) is 17.3. The van der Waals surface area contributed by atoms with E-state index in [-0.39, 0.29) is 0 Å². The molecule has 1 rings (SSSR count). The van der Waals surface area contributed by atoms with E-state index >= 15 is 0 Å². The molecule has 114 valence electrons. The molecule has 0 saturated carbocycles. The normalized spacial score (nSPS) is 12.4. The second-order valence-electron chi connectivity index (χ2n) is 4.90. The molecule has 0 fully saturated rings. The smallest absolute Gasteiger partial charge is 0.132 e. The quantitative estimate of drug-likeness (QED) is 0.671. The van der Waals surface area contributed by atoms with Gasteiger partial charge in [-0.05, 0) is 31.4 Å². The molecule has 1 unspecified atom stereocenters. The molecule has 0 amide bonds. The van der Waals surface area contributed by atoms with E-state index in [2.05, 4.69) is 41.5 Å². The zero-order chi connectivity index (χ0) is 14.8. The number of hydrogen-bond donors (Lipinski definition) is 1. The van der Waals surface area contributed by atoms with Crippen LogP contribution in [0.5, 0.6) is 0 Å². The van der Waals surface area contributed by atoms with Crippen LogP contribution in [0, 0.1) is 0 Å². The van der Waals surface area contributed by atoms with Gasteiger partial charge in [-0.3, -0.25) is 0 Å². The van der Waals surface area contributed by atoms with Crippen molar-refractivity contribution in [2.45, 2.75) is 25.9 Å². The second kappa shape index (κ2) is 10.0. The largest absolute Gasteiger partial charge is 0.383 e. The number of rotatable bonds is 10. The molecule has 5 heteroatoms. The number of pyridine rings is 1. The Labute approximate surface area is 127 Å². The number of hydrogen-bond acceptors (Lipinski definition) is 5. The Hall–Kier alpha value is -0.780. The Bertz CT molecular complexity index is 376. The molecular weight excluding hydrogens is 270 g/mol. The molecule has 0 aliphatic carbocycles. The van der Waals surface area contributed by atoms with Crippen molar-refractivity contribution in [3.8, 4) is 0 Å². The fourth-order valence-electron chi connectivity index (χ4n) is 1.97. The summed E-state index contributed by atoms with van der Waals surface area (Å²) in [5, 5.41) is 3.38. The van der Waals surface area contributed by atoms with Crippen LogP contribution >= 0.6 is 11.8 Å². The SMILES string of the molecule is COCCNCc1cccnc1N(C)C(C)CCSC. The van der Waals surface area contributed by atoms with Gasteiger partial charge in [0.05, 0.1) is 6.61 Å². The third kappa shape index (κ3) is 5.69. The van der Waals surface area contributed by atoms with E-state index in [1.165, 1.54) is 17.7 Å². The minimum Gasteiger partial charge on any atom is -0.383 e. The summed E-state index contributed by atoms with van der Waals surface area (Å²) < 4.78 is 5.05. The van der Waals surface area contributed by atoms with Gasteiger partial charge >= 0.3 is 0 Å². The Morgan fingerprint density at radius 2 is 2.30 bits per heavy atom. The molecule has 0 aliphatic heterocycles. The maximum atomic E-state index is 5.05. The molecule has 0 saturated heterocycles. The van der Waals surface area contributed by atoms with Crippen LogP contribution in [-0.2, 0) is 11.3 Å². The number of nitrogens with zero attached hydrogens (tertiary/aromatic N) is 2. The van der Waals surface area contributed by atoms with Crippen LogP contribution in [0.4, 0.5) is 5.82 Å². The summed E-state index contributed by atoms with van der Waals surface area (Å²) in [5.41, 5.74) is 1.24. The van der Waals surface area contributed by atoms with Crippen molar-refractivity contribution in [1.82, 2.24) is 10.3 Å². The highest BCUT2D eigenvalue weighted by Crippen LogP contribution is 2.19. The van der Waals surface area contributed by atoms with Crippen molar-refractivity contribution in [2.75, 3.05) is 44.2 Å². The Morgan fingerprint density at radius 3 is 3.00 bits per heavy atom. The van der Waals surface area contributed by atoms with Crippen LogP contribution < -0.4 is 10.2 Å². The van der Waals surface area contributed by atoms with Gasteiger partial charge in [-0.15, -0.1) is 0 Å². The van der Waals surface area contributed by atoms with Crippen LogP contribution in [0.3, 0.4) is 0 Å². The third-order valence-electron chi connectivity index (χ3n) is 3.40. The second-order valence-corrected chi connectivity index (χ2v) is 5.88. The maximum Gasteiger partial charge on any atom is 0.132 e. The molecular formula is C15H27N3OS. The van der Waals surface area contributed by atoms with Gasteiger partial charge in [0.1, 0.15) is 5.82 Å². The van der Waals surface area contributed by atoms with Crippen molar-refractivity contribution in [1.29, 1.82) is 0 Å². The van der Waals surface area contributed by atoms with Crippen LogP contribution in [0.1, 0.15) is 18.9 Å². The monoisotopic (exact) mass is 297 g/mol. The molecule has 0 radical (unpaired) electrons. The zero-order valence-corrected chi connectivity index (χ0v) is 13.9. The van der Waals surface area contributed by atoms with Gasteiger partial charge in [0.25, 0.3) is 0 Å². The van der Waals surface area contributed by atoms with Gasteiger partial charge in [0.15, 0.2) is 0 Å². The molecule has 1 aromatic heterocycles. The molecule has 1 heterocycles. The van der Waals surface area contributed by atoms with Crippen molar-refractivity contribution in [3.63, 3.8) is 0 Å². The summed E-state index contributed by atoms with van der Waals surface area (Å²) in [5.74, 6) is 2.26. The van der Waals surface area contributed by atoms with Crippen LogP contribution in [-0.4, -0.2) is 50.3 Å². The van der Waals surface area contributed by atoms with Gasteiger partial charge in [-0.1, -0.05) is 6.07 Å². The molecule has 0 spiro atoms. The Balaban J connectivity index is 2.63. The highest BCUT2D eigenvalue weighted by Gasteiger charge is 2.14. The third-order valence-corrected chi connectivity index (χ3v) is 4.04. The number of ether oxygens (including phenoxy) is 1. The summed E-state index contributed by atoms with van der Waals surface area (Å²) in [6, 6.07) is 4.63. The number of nitrogens with one attached hydrogen (secondary N) is 1. The van der Waals surface area contributed by atoms with Crippen molar-refractivity contribution >= 4 is 17.6 Å². The summed E-state index contributed by atoms with van der Waals surface area (Å²) in [6.45, 7) is 4.67. The molecule has 20 heavy (non-hydrogen) atoms. The number of aromatic nitrogens is 1. The first-order valence-corrected chi connectivity index (χ1v) is 8.45. The lowest BCUT2D eigenvalue weighted by atomic mass is 10.2. The molecule has 0 aromatic carbocycles. The zero-order valence-electron chi connectivity index (χ0n) is 13.1. The first-order valence-electron chi connectivity index (χ1n) is 7.06. The maximum absolute atomic E-state index is 5.05. The number of methoxy groups -OCH3 is 1. The van der Waals surface area contributed by atoms with Crippen LogP contribution in [0.2, 0.25) is 0 Å². The van der Waals surface area contributed by atoms with Crippen molar-refractivity contribution in [3.05, 3.63) is 23.9 Å². The fourth-order valence-corrected chi connectivity index (χ4v) is 2.55. The van der Waals surface area contributed by atoms with E-state index < -0.39 is 0 Å². The standard InChI is InChI=1S/C15H27N3OS/c1-13(7-11-20-4)18(2)15-14(6-5-8-17-15)12-16-9-10-19-3/h5-6,8,13,16H,7,9-12H2,1-4H3. The fraction of sp³-hybridized carbons (Fsp3) is 0.667. The summed E-state index contributed by atoms with van der Waals surface area (Å²) in [4.78, 5) is 6.84. The van der Waals surface area contributed by atoms with E-state index in [1.807, 2.05) is 24.0 Å². The lowest BCUT2D eigenvalue weighted by Crippen LogP contribution is -2.31. The highest BCUT2D eigenvalue weighted by molar-refractivity contribution is 7.98. The minimum atomic E-state index is 0.495. The average molecular weight is 297 g/mol. The topological polar surface area (TPSA) is 37.4 Å². The van der Waals surface area contributed by atoms with Gasteiger partial charge in [-0.2, -0.15) is 11.8 Å². The van der Waals surface area contributed by atoms with E-state index in [4.69, 9.17) is 4.74 Å². The van der Waals surface area contributed by atoms with Crippen molar-refractivity contribution < 1.29 is 4.74 Å². The summed E-state index contributed by atoms with van der Waals surface area (Å²) >= 11 is 1.89. The predicted molar refractivity (Wildman–Crippen MR) is 88.7 cm³/mol. The Morgan fingerprint density at radius 1 is 1.50 bits per heavy atom. The predicted octanol–water partition coefficient (Wildman–Crippen LogP) is 2.40. The number of thioether (sulfide) groups is 1. The molecule has 0 aliphatic rings. The van der Waals surface area contributed by atoms with E-state index in [1.54, 1.807) is 7.11 Å². The van der Waals surface area contributed by atoms with Gasteiger partial charge < -0.3 is 15.0 Å². The summed E-state index contributed by atoms with van der Waals surface area (Å²) in [6.07, 6.45) is 5.19. The molecule has 1 N–H and O–H groups in total. The Kier molecular flexibility index (Phi) is 8.65. The van der Waals surface area contributed by atoms with Crippen molar-refractivity contribution in [2.24, 2.45) is 0 Å². The van der Waals surface area contributed by atoms with E-state index in [0.717, 1.165) is 25.5 Å². The first-order chi connectivity index (χ1) is 9.70. The number of anilines is 1. The van der Waals surface area contributed by atoms with Crippen LogP contribution in [0.15, 0.2) is 18.3 Å². The van der Waals surface area contributed by atoms with E-state index in [0.29, 0.717) is 6.04 Å². The molecule has 1 atom stereocenters. The van der Waals surface area contributed by atoms with Gasteiger partial charge in [-0.25, -0.2) is 4.98 Å². The average Bonchev–Trinajstić information content (AvgIpc) is 2.49. The lowest BCUT2D eigenvalue weighted by Gasteiger charge is -2.27. The molecule has 4 nitrogen and oxygen atoms in total. The highest BCUT2D eigenvalue weighted by atomic mass is 32.2. The molecule has 0 bridgehead atoms. The lowest BCUT2D eigenvalue weighted by molar-refractivity contribution is 0.199. The molecule has 1 aromatic rings. The van der Waals surface area contributed by atoms with Gasteiger partial charge in [0.2, 0.25) is 0 Å². The van der Waals surface area contributed by atoms with E-state index in [9.17, 15) is 0 Å². The summed E-state index contributed by atoms with van der Waals surface area (Å²) in [7, 11) is 3.85. The van der Waals surface area contributed by atoms with Crippen LogP contribution in [0.25, 0.3) is 0 Å². The van der Waals surface area contributed by atoms with Gasteiger partial charge in [0, 0.05) is 45.0 Å².